The molecule has 1 N–H and O–H groups in total. The van der Waals surface area contributed by atoms with Crippen molar-refractivity contribution in [2.24, 2.45) is 0 Å². The van der Waals surface area contributed by atoms with E-state index in [1.807, 2.05) is 0 Å². The highest BCUT2D eigenvalue weighted by Gasteiger charge is 2.31. The van der Waals surface area contributed by atoms with Gasteiger partial charge in [-0.15, -0.1) is 5.10 Å². The highest BCUT2D eigenvalue weighted by molar-refractivity contribution is 6.29. The molecule has 1 heterocycles. The molecular formula is C17H11N3O3. The first-order valence-electron chi connectivity index (χ1n) is 7.04. The largest absolute Gasteiger partial charge is 0.390 e. The Bertz CT molecular complexity index is 959. The molecule has 2 aromatic carbocycles. The summed E-state index contributed by atoms with van der Waals surface area (Å²) in [4.78, 5) is 25.5. The number of hydrogen-bond acceptors (Lipinski definition) is 5. The zero-order valence-electron chi connectivity index (χ0n) is 11.9. The number of fused-ring (bicyclic) bond motifs is 2. The molecule has 0 bridgehead atoms. The van der Waals surface area contributed by atoms with E-state index in [0.717, 1.165) is 0 Å². The topological polar surface area (TPSA) is 85.1 Å². The van der Waals surface area contributed by atoms with Crippen molar-refractivity contribution in [3.05, 3.63) is 76.6 Å². The molecule has 0 spiro atoms. The van der Waals surface area contributed by atoms with Gasteiger partial charge in [0.2, 0.25) is 0 Å². The van der Waals surface area contributed by atoms with Crippen molar-refractivity contribution in [1.29, 1.82) is 0 Å². The van der Waals surface area contributed by atoms with Crippen LogP contribution in [0.4, 0.5) is 0 Å². The van der Waals surface area contributed by atoms with Crippen molar-refractivity contribution in [3.8, 4) is 5.69 Å². The van der Waals surface area contributed by atoms with Crippen LogP contribution in [-0.4, -0.2) is 31.7 Å². The molecule has 0 amide bonds. The molecule has 1 aliphatic rings. The van der Waals surface area contributed by atoms with E-state index in [-0.39, 0.29) is 18.2 Å². The average molecular weight is 305 g/mol. The number of ketones is 2. The lowest BCUT2D eigenvalue weighted by Gasteiger charge is -2.19. The molecule has 0 atom stereocenters. The first kappa shape index (κ1) is 13.5. The number of aromatic nitrogens is 3. The van der Waals surface area contributed by atoms with Crippen molar-refractivity contribution in [2.45, 2.75) is 6.61 Å². The van der Waals surface area contributed by atoms with Gasteiger partial charge in [0, 0.05) is 16.7 Å². The number of nitrogens with zero attached hydrogens (tertiary/aromatic N) is 3. The highest BCUT2D eigenvalue weighted by atomic mass is 16.3. The van der Waals surface area contributed by atoms with Crippen molar-refractivity contribution >= 4 is 11.6 Å². The molecule has 0 aliphatic heterocycles. The molecule has 112 valence electrons. The van der Waals surface area contributed by atoms with Crippen molar-refractivity contribution in [1.82, 2.24) is 15.0 Å². The van der Waals surface area contributed by atoms with Gasteiger partial charge in [-0.05, 0) is 6.07 Å². The number of aliphatic hydroxyl groups is 1. The van der Waals surface area contributed by atoms with E-state index in [1.165, 1.54) is 10.9 Å². The molecule has 6 nitrogen and oxygen atoms in total. The van der Waals surface area contributed by atoms with Crippen LogP contribution in [0.2, 0.25) is 0 Å². The van der Waals surface area contributed by atoms with Gasteiger partial charge in [-0.25, -0.2) is 4.68 Å². The summed E-state index contributed by atoms with van der Waals surface area (Å²) in [6, 6.07) is 11.8. The normalized spacial score (nSPS) is 12.9. The summed E-state index contributed by atoms with van der Waals surface area (Å²) in [5.74, 6) is -0.397. The summed E-state index contributed by atoms with van der Waals surface area (Å²) < 4.78 is 1.41. The molecule has 23 heavy (non-hydrogen) atoms. The predicted octanol–water partition coefficient (Wildman–Crippen LogP) is 1.53. The Kier molecular flexibility index (Phi) is 2.92. The van der Waals surface area contributed by atoms with Crippen LogP contribution in [0.25, 0.3) is 5.69 Å². The molecular weight excluding hydrogens is 294 g/mol. The second kappa shape index (κ2) is 4.96. The van der Waals surface area contributed by atoms with Crippen LogP contribution in [0.5, 0.6) is 0 Å². The lowest BCUT2D eigenvalue weighted by molar-refractivity contribution is 0.0979. The van der Waals surface area contributed by atoms with Crippen LogP contribution < -0.4 is 0 Å². The van der Waals surface area contributed by atoms with Crippen molar-refractivity contribution < 1.29 is 14.7 Å². The van der Waals surface area contributed by atoms with E-state index in [1.54, 1.807) is 42.5 Å². The average Bonchev–Trinajstić information content (AvgIpc) is 3.08. The smallest absolute Gasteiger partial charge is 0.196 e. The number of hydrogen-bond donors (Lipinski definition) is 1. The maximum atomic E-state index is 12.9. The van der Waals surface area contributed by atoms with Gasteiger partial charge in [-0.1, -0.05) is 41.6 Å². The minimum Gasteiger partial charge on any atom is -0.390 e. The van der Waals surface area contributed by atoms with E-state index in [4.69, 9.17) is 5.11 Å². The van der Waals surface area contributed by atoms with Gasteiger partial charge >= 0.3 is 0 Å². The number of aliphatic hydroxyl groups excluding tert-OH is 1. The second-order valence-electron chi connectivity index (χ2n) is 5.22. The Morgan fingerprint density at radius 1 is 0.913 bits per heavy atom. The molecule has 4 rings (SSSR count). The first-order chi connectivity index (χ1) is 11.2. The fourth-order valence-corrected chi connectivity index (χ4v) is 2.81. The Morgan fingerprint density at radius 2 is 1.61 bits per heavy atom. The summed E-state index contributed by atoms with van der Waals surface area (Å²) in [6.07, 6.45) is 1.54. The van der Waals surface area contributed by atoms with Gasteiger partial charge in [0.25, 0.3) is 0 Å². The van der Waals surface area contributed by atoms with Gasteiger partial charge in [0.15, 0.2) is 11.6 Å². The molecule has 0 saturated heterocycles. The van der Waals surface area contributed by atoms with E-state index in [0.29, 0.717) is 33.6 Å². The summed E-state index contributed by atoms with van der Waals surface area (Å²) in [7, 11) is 0. The molecule has 0 fully saturated rings. The summed E-state index contributed by atoms with van der Waals surface area (Å²) in [6.45, 7) is -0.245. The van der Waals surface area contributed by atoms with Gasteiger partial charge in [0.1, 0.15) is 5.69 Å². The fraction of sp³-hybridized carbons (Fsp3) is 0.0588. The van der Waals surface area contributed by atoms with Crippen LogP contribution in [0.15, 0.2) is 48.7 Å². The van der Waals surface area contributed by atoms with Gasteiger partial charge in [-0.2, -0.15) is 0 Å². The van der Waals surface area contributed by atoms with Gasteiger partial charge in [0.05, 0.1) is 24.1 Å². The predicted molar refractivity (Wildman–Crippen MR) is 80.6 cm³/mol. The number of carbonyl (C=O) groups excluding carboxylic acids is 2. The van der Waals surface area contributed by atoms with E-state index in [9.17, 15) is 9.59 Å². The molecule has 6 heteroatoms. The lowest BCUT2D eigenvalue weighted by Crippen LogP contribution is -2.23. The van der Waals surface area contributed by atoms with Gasteiger partial charge < -0.3 is 5.11 Å². The molecule has 3 aromatic rings. The van der Waals surface area contributed by atoms with Crippen molar-refractivity contribution in [3.63, 3.8) is 0 Å². The van der Waals surface area contributed by atoms with Gasteiger partial charge in [-0.3, -0.25) is 9.59 Å². The minimum atomic E-state index is -0.245. The zero-order chi connectivity index (χ0) is 16.0. The Labute approximate surface area is 131 Å². The van der Waals surface area contributed by atoms with Crippen molar-refractivity contribution in [2.75, 3.05) is 0 Å². The second-order valence-corrected chi connectivity index (χ2v) is 5.22. The Hall–Kier alpha value is -3.12. The zero-order valence-corrected chi connectivity index (χ0v) is 11.9. The van der Waals surface area contributed by atoms with Crippen LogP contribution in [0, 0.1) is 0 Å². The van der Waals surface area contributed by atoms with Crippen LogP contribution in [0.3, 0.4) is 0 Å². The molecule has 1 aromatic heterocycles. The van der Waals surface area contributed by atoms with Crippen LogP contribution in [-0.2, 0) is 6.61 Å². The SMILES string of the molecule is O=C1c2ccccc2C(=O)c2c1cccc2-n1cc(CO)nn1. The maximum Gasteiger partial charge on any atom is 0.196 e. The number of carbonyl (C=O) groups is 2. The van der Waals surface area contributed by atoms with Crippen LogP contribution >= 0.6 is 0 Å². The third-order valence-electron chi connectivity index (χ3n) is 3.88. The van der Waals surface area contributed by atoms with Crippen LogP contribution in [0.1, 0.15) is 37.5 Å². The quantitative estimate of drug-likeness (QED) is 0.607. The Morgan fingerprint density at radius 3 is 2.30 bits per heavy atom. The molecule has 0 saturated carbocycles. The first-order valence-corrected chi connectivity index (χ1v) is 7.04. The summed E-state index contributed by atoms with van der Waals surface area (Å²) >= 11 is 0. The lowest BCUT2D eigenvalue weighted by atomic mass is 9.83. The highest BCUT2D eigenvalue weighted by Crippen LogP contribution is 2.30. The number of benzene rings is 2. The monoisotopic (exact) mass is 305 g/mol. The Balaban J connectivity index is 1.97. The van der Waals surface area contributed by atoms with E-state index in [2.05, 4.69) is 10.3 Å². The number of rotatable bonds is 2. The van der Waals surface area contributed by atoms with E-state index < -0.39 is 0 Å². The van der Waals surface area contributed by atoms with E-state index >= 15 is 0 Å². The molecule has 1 aliphatic carbocycles. The fourth-order valence-electron chi connectivity index (χ4n) is 2.81. The molecule has 0 unspecified atom stereocenters. The standard InChI is InChI=1S/C17H11N3O3/c21-9-10-8-20(19-18-10)14-7-3-6-13-15(14)17(23)12-5-2-1-4-11(12)16(13)22/h1-8,21H,9H2. The third kappa shape index (κ3) is 1.92. The minimum absolute atomic E-state index is 0.181. The summed E-state index contributed by atoms with van der Waals surface area (Å²) in [5.41, 5.74) is 2.33. The third-order valence-corrected chi connectivity index (χ3v) is 3.88. The maximum absolute atomic E-state index is 12.9. The summed E-state index contributed by atoms with van der Waals surface area (Å²) in [5, 5.41) is 16.9. The molecule has 0 radical (unpaired) electrons.